The second-order valence-corrected chi connectivity index (χ2v) is 6.24. The largest absolute Gasteiger partial charge is 0.508 e. The predicted octanol–water partition coefficient (Wildman–Crippen LogP) is 4.64. The molecule has 2 heterocycles. The van der Waals surface area contributed by atoms with Crippen molar-refractivity contribution in [1.29, 1.82) is 0 Å². The Bertz CT molecular complexity index is 1180. The molecule has 0 saturated heterocycles. The topological polar surface area (TPSA) is 98.2 Å². The van der Waals surface area contributed by atoms with Gasteiger partial charge in [-0.25, -0.2) is 9.78 Å². The number of hydrogen-bond acceptors (Lipinski definition) is 4. The summed E-state index contributed by atoms with van der Waals surface area (Å²) >= 11 is 0. The van der Waals surface area contributed by atoms with Gasteiger partial charge in [0.05, 0.1) is 5.57 Å². The van der Waals surface area contributed by atoms with Gasteiger partial charge in [0.1, 0.15) is 17.2 Å². The van der Waals surface area contributed by atoms with Crippen LogP contribution in [-0.4, -0.2) is 26.2 Å². The number of aromatic hydroxyl groups is 1. The highest BCUT2D eigenvalue weighted by atomic mass is 16.4. The van der Waals surface area contributed by atoms with E-state index in [1.165, 1.54) is 0 Å². The number of rotatable bonds is 5. The summed E-state index contributed by atoms with van der Waals surface area (Å²) in [7, 11) is 0. The van der Waals surface area contributed by atoms with E-state index >= 15 is 0 Å². The van der Waals surface area contributed by atoms with E-state index in [1.54, 1.807) is 48.7 Å². The van der Waals surface area contributed by atoms with Crippen molar-refractivity contribution < 1.29 is 15.0 Å². The predicted molar refractivity (Wildman–Crippen MR) is 109 cm³/mol. The maximum absolute atomic E-state index is 11.7. The Hall–Kier alpha value is -4.06. The summed E-state index contributed by atoms with van der Waals surface area (Å²) in [5.74, 6) is -0.215. The van der Waals surface area contributed by atoms with E-state index in [-0.39, 0.29) is 11.3 Å². The second-order valence-electron chi connectivity index (χ2n) is 6.24. The molecule has 2 aromatic heterocycles. The number of carboxylic acids is 1. The Morgan fingerprint density at radius 1 is 1.04 bits per heavy atom. The molecule has 0 aliphatic carbocycles. The zero-order valence-electron chi connectivity index (χ0n) is 14.8. The minimum Gasteiger partial charge on any atom is -0.508 e. The van der Waals surface area contributed by atoms with Crippen LogP contribution in [-0.2, 0) is 4.79 Å². The molecule has 0 saturated carbocycles. The fourth-order valence-electron chi connectivity index (χ4n) is 2.99. The first kappa shape index (κ1) is 17.4. The highest BCUT2D eigenvalue weighted by molar-refractivity contribution is 6.21. The number of phenolic OH excluding ortho intramolecular Hbond substituents is 1. The smallest absolute Gasteiger partial charge is 0.336 e. The van der Waals surface area contributed by atoms with E-state index in [0.717, 1.165) is 16.6 Å². The average Bonchev–Trinajstić information content (AvgIpc) is 3.08. The van der Waals surface area contributed by atoms with Gasteiger partial charge >= 0.3 is 5.97 Å². The van der Waals surface area contributed by atoms with Crippen molar-refractivity contribution >= 4 is 40.2 Å². The minimum atomic E-state index is -0.990. The lowest BCUT2D eigenvalue weighted by atomic mass is 10.0. The summed E-state index contributed by atoms with van der Waals surface area (Å²) < 4.78 is 0. The third-order valence-corrected chi connectivity index (χ3v) is 4.30. The molecule has 4 aromatic rings. The lowest BCUT2D eigenvalue weighted by Gasteiger charge is -2.06. The fourth-order valence-corrected chi connectivity index (χ4v) is 2.99. The molecule has 4 rings (SSSR count). The zero-order chi connectivity index (χ0) is 19.5. The van der Waals surface area contributed by atoms with Gasteiger partial charge in [0.2, 0.25) is 0 Å². The van der Waals surface area contributed by atoms with E-state index in [9.17, 15) is 15.0 Å². The number of fused-ring (bicyclic) bond motifs is 1. The monoisotopic (exact) mass is 371 g/mol. The fraction of sp³-hybridized carbons (Fsp3) is 0. The molecular formula is C22H17N3O3. The number of aromatic amines is 1. The number of carbonyl (C=O) groups is 1. The van der Waals surface area contributed by atoms with Crippen LogP contribution in [0.15, 0.2) is 72.9 Å². The summed E-state index contributed by atoms with van der Waals surface area (Å²) in [6, 6.07) is 19.4. The number of phenols is 1. The molecule has 0 atom stereocenters. The van der Waals surface area contributed by atoms with Crippen molar-refractivity contribution in [2.24, 2.45) is 0 Å². The third kappa shape index (κ3) is 3.57. The van der Waals surface area contributed by atoms with Gasteiger partial charge in [-0.15, -0.1) is 0 Å². The highest BCUT2D eigenvalue weighted by Crippen LogP contribution is 2.26. The molecule has 0 bridgehead atoms. The van der Waals surface area contributed by atoms with Crippen LogP contribution < -0.4 is 5.32 Å². The maximum atomic E-state index is 11.7. The summed E-state index contributed by atoms with van der Waals surface area (Å²) in [4.78, 5) is 19.3. The summed E-state index contributed by atoms with van der Waals surface area (Å²) in [6.45, 7) is 0. The van der Waals surface area contributed by atoms with E-state index in [2.05, 4.69) is 15.3 Å². The quantitative estimate of drug-likeness (QED) is 0.383. The number of aliphatic carboxylic acids is 1. The van der Waals surface area contributed by atoms with E-state index in [0.29, 0.717) is 17.0 Å². The molecule has 0 aliphatic heterocycles. The summed E-state index contributed by atoms with van der Waals surface area (Å²) in [5.41, 5.74) is 2.94. The van der Waals surface area contributed by atoms with E-state index in [4.69, 9.17) is 0 Å². The van der Waals surface area contributed by atoms with Crippen LogP contribution in [0.3, 0.4) is 0 Å². The molecule has 0 aliphatic rings. The van der Waals surface area contributed by atoms with Gasteiger partial charge in [-0.3, -0.25) is 0 Å². The van der Waals surface area contributed by atoms with Crippen LogP contribution in [0.4, 0.5) is 11.5 Å². The van der Waals surface area contributed by atoms with E-state index < -0.39 is 5.97 Å². The molecule has 0 spiro atoms. The normalized spacial score (nSPS) is 11.5. The number of pyridine rings is 1. The Kier molecular flexibility index (Phi) is 4.51. The molecule has 0 radical (unpaired) electrons. The standard InChI is InChI=1S/C22H17N3O3/c26-17-8-4-7-16(12-17)24-20-10-9-18-15(13-23-21(18)25-20)11-19(22(27)28)14-5-2-1-3-6-14/h1-13,26H,(H,27,28)(H2,23,24,25)/b19-11+. The lowest BCUT2D eigenvalue weighted by Crippen LogP contribution is -1.99. The van der Waals surface area contributed by atoms with Crippen molar-refractivity contribution in [3.63, 3.8) is 0 Å². The van der Waals surface area contributed by atoms with Crippen LogP contribution in [0, 0.1) is 0 Å². The molecule has 2 aromatic carbocycles. The van der Waals surface area contributed by atoms with Crippen LogP contribution in [0.2, 0.25) is 0 Å². The Morgan fingerprint density at radius 3 is 2.61 bits per heavy atom. The third-order valence-electron chi connectivity index (χ3n) is 4.30. The number of nitrogens with one attached hydrogen (secondary N) is 2. The highest BCUT2D eigenvalue weighted by Gasteiger charge is 2.12. The average molecular weight is 371 g/mol. The van der Waals surface area contributed by atoms with Gasteiger partial charge in [0, 0.05) is 28.9 Å². The number of carboxylic acid groups (broad SMARTS) is 1. The van der Waals surface area contributed by atoms with Gasteiger partial charge in [-0.2, -0.15) is 0 Å². The van der Waals surface area contributed by atoms with Crippen LogP contribution in [0.25, 0.3) is 22.7 Å². The van der Waals surface area contributed by atoms with Gasteiger partial charge < -0.3 is 20.5 Å². The van der Waals surface area contributed by atoms with Crippen LogP contribution >= 0.6 is 0 Å². The van der Waals surface area contributed by atoms with Crippen molar-refractivity contribution in [2.45, 2.75) is 0 Å². The van der Waals surface area contributed by atoms with Gasteiger partial charge in [0.25, 0.3) is 0 Å². The molecular weight excluding hydrogens is 354 g/mol. The molecule has 138 valence electrons. The SMILES string of the molecule is O=C(O)/C(=C/c1c[nH]c2nc(Nc3cccc(O)c3)ccc12)c1ccccc1. The Balaban J connectivity index is 1.69. The van der Waals surface area contributed by atoms with Crippen molar-refractivity contribution in [3.8, 4) is 5.75 Å². The van der Waals surface area contributed by atoms with Crippen molar-refractivity contribution in [2.75, 3.05) is 5.32 Å². The van der Waals surface area contributed by atoms with Gasteiger partial charge in [0.15, 0.2) is 0 Å². The molecule has 28 heavy (non-hydrogen) atoms. The van der Waals surface area contributed by atoms with Crippen LogP contribution in [0.5, 0.6) is 5.75 Å². The molecule has 0 unspecified atom stereocenters. The molecule has 6 heteroatoms. The number of aromatic nitrogens is 2. The Labute approximate surface area is 160 Å². The van der Waals surface area contributed by atoms with E-state index in [1.807, 2.05) is 30.3 Å². The van der Waals surface area contributed by atoms with Crippen molar-refractivity contribution in [1.82, 2.24) is 9.97 Å². The first-order valence-corrected chi connectivity index (χ1v) is 8.65. The first-order valence-electron chi connectivity index (χ1n) is 8.65. The maximum Gasteiger partial charge on any atom is 0.336 e. The zero-order valence-corrected chi connectivity index (χ0v) is 14.8. The lowest BCUT2D eigenvalue weighted by molar-refractivity contribution is -0.130. The molecule has 0 fully saturated rings. The Morgan fingerprint density at radius 2 is 1.86 bits per heavy atom. The van der Waals surface area contributed by atoms with Gasteiger partial charge in [-0.1, -0.05) is 36.4 Å². The number of anilines is 2. The summed E-state index contributed by atoms with van der Waals surface area (Å²) in [6.07, 6.45) is 3.38. The molecule has 4 N–H and O–H groups in total. The minimum absolute atomic E-state index is 0.167. The second kappa shape index (κ2) is 7.28. The summed E-state index contributed by atoms with van der Waals surface area (Å²) in [5, 5.41) is 23.1. The number of hydrogen-bond donors (Lipinski definition) is 4. The molecule has 0 amide bonds. The molecule has 6 nitrogen and oxygen atoms in total. The number of benzene rings is 2. The van der Waals surface area contributed by atoms with Crippen LogP contribution in [0.1, 0.15) is 11.1 Å². The first-order chi connectivity index (χ1) is 13.6. The number of H-pyrrole nitrogens is 1. The van der Waals surface area contributed by atoms with Gasteiger partial charge in [-0.05, 0) is 35.9 Å². The number of nitrogens with zero attached hydrogens (tertiary/aromatic N) is 1. The van der Waals surface area contributed by atoms with Crippen molar-refractivity contribution in [3.05, 3.63) is 84.1 Å².